The van der Waals surface area contributed by atoms with Crippen LogP contribution in [0.2, 0.25) is 0 Å². The largest absolute Gasteiger partial charge is 0.327 e. The maximum Gasteiger partial charge on any atom is 0.123 e. The molecule has 0 radical (unpaired) electrons. The van der Waals surface area contributed by atoms with Gasteiger partial charge in [-0.25, -0.2) is 9.97 Å². The van der Waals surface area contributed by atoms with Crippen LogP contribution < -0.4 is 5.32 Å². The van der Waals surface area contributed by atoms with E-state index in [0.717, 1.165) is 29.6 Å². The fourth-order valence-corrected chi connectivity index (χ4v) is 2.39. The minimum atomic E-state index is 0.106. The maximum atomic E-state index is 4.49. The molecule has 5 heteroatoms. The molecule has 0 amide bonds. The second kappa shape index (κ2) is 5.20. The first-order valence-corrected chi connectivity index (χ1v) is 6.98. The van der Waals surface area contributed by atoms with Crippen LogP contribution in [0.25, 0.3) is 0 Å². The summed E-state index contributed by atoms with van der Waals surface area (Å²) in [6, 6.07) is 0. The monoisotopic (exact) mass is 264 g/mol. The zero-order chi connectivity index (χ0) is 13.2. The van der Waals surface area contributed by atoms with E-state index < -0.39 is 0 Å². The Bertz CT molecular complexity index is 507. The summed E-state index contributed by atoms with van der Waals surface area (Å²) in [5.74, 6) is 1.05. The number of thiazole rings is 1. The molecular weight excluding hydrogens is 244 g/mol. The van der Waals surface area contributed by atoms with Crippen molar-refractivity contribution in [3.8, 4) is 0 Å². The number of aromatic nitrogens is 3. The molecule has 4 nitrogen and oxygen atoms in total. The lowest BCUT2D eigenvalue weighted by Gasteiger charge is -2.20. The Balaban J connectivity index is 2.03. The molecule has 2 rings (SSSR count). The van der Waals surface area contributed by atoms with Crippen molar-refractivity contribution in [2.75, 3.05) is 0 Å². The predicted octanol–water partition coefficient (Wildman–Crippen LogP) is 2.58. The van der Waals surface area contributed by atoms with E-state index in [-0.39, 0.29) is 5.54 Å². The van der Waals surface area contributed by atoms with Gasteiger partial charge in [0.25, 0.3) is 0 Å². The third-order valence-electron chi connectivity index (χ3n) is 2.55. The Kier molecular flexibility index (Phi) is 3.82. The summed E-state index contributed by atoms with van der Waals surface area (Å²) < 4.78 is 2.15. The highest BCUT2D eigenvalue weighted by Crippen LogP contribution is 2.12. The fourth-order valence-electron chi connectivity index (χ4n) is 1.62. The van der Waals surface area contributed by atoms with Crippen molar-refractivity contribution in [3.63, 3.8) is 0 Å². The molecular formula is C13H20N4S. The Hall–Kier alpha value is -1.20. The molecule has 0 saturated heterocycles. The SMILES string of the molecule is Cc1csc(Cn2ccnc2CNC(C)(C)C)n1. The van der Waals surface area contributed by atoms with E-state index in [1.807, 2.05) is 19.3 Å². The second-order valence-corrected chi connectivity index (χ2v) is 6.40. The Morgan fingerprint density at radius 2 is 2.17 bits per heavy atom. The van der Waals surface area contributed by atoms with Crippen molar-refractivity contribution in [1.29, 1.82) is 0 Å². The highest BCUT2D eigenvalue weighted by molar-refractivity contribution is 7.09. The molecule has 0 unspecified atom stereocenters. The first-order chi connectivity index (χ1) is 8.44. The van der Waals surface area contributed by atoms with Gasteiger partial charge < -0.3 is 9.88 Å². The molecule has 0 atom stereocenters. The van der Waals surface area contributed by atoms with Crippen LogP contribution in [0.15, 0.2) is 17.8 Å². The van der Waals surface area contributed by atoms with Gasteiger partial charge in [-0.15, -0.1) is 11.3 Å². The minimum Gasteiger partial charge on any atom is -0.327 e. The lowest BCUT2D eigenvalue weighted by molar-refractivity contribution is 0.413. The van der Waals surface area contributed by atoms with Gasteiger partial charge in [-0.1, -0.05) is 0 Å². The smallest absolute Gasteiger partial charge is 0.123 e. The Morgan fingerprint density at radius 3 is 2.78 bits per heavy atom. The molecule has 0 saturated carbocycles. The Morgan fingerprint density at radius 1 is 1.39 bits per heavy atom. The van der Waals surface area contributed by atoms with E-state index in [9.17, 15) is 0 Å². The summed E-state index contributed by atoms with van der Waals surface area (Å²) in [7, 11) is 0. The summed E-state index contributed by atoms with van der Waals surface area (Å²) in [4.78, 5) is 8.88. The van der Waals surface area contributed by atoms with Gasteiger partial charge in [0.2, 0.25) is 0 Å². The van der Waals surface area contributed by atoms with Crippen molar-refractivity contribution in [1.82, 2.24) is 19.9 Å². The zero-order valence-electron chi connectivity index (χ0n) is 11.4. The van der Waals surface area contributed by atoms with Crippen molar-refractivity contribution in [3.05, 3.63) is 34.3 Å². The van der Waals surface area contributed by atoms with E-state index in [0.29, 0.717) is 0 Å². The van der Waals surface area contributed by atoms with Crippen LogP contribution in [0.5, 0.6) is 0 Å². The molecule has 98 valence electrons. The first kappa shape index (κ1) is 13.2. The second-order valence-electron chi connectivity index (χ2n) is 5.46. The van der Waals surface area contributed by atoms with Crippen molar-refractivity contribution >= 4 is 11.3 Å². The molecule has 0 fully saturated rings. The van der Waals surface area contributed by atoms with Crippen LogP contribution in [0.3, 0.4) is 0 Å². The van der Waals surface area contributed by atoms with Crippen LogP contribution in [0.1, 0.15) is 37.3 Å². The van der Waals surface area contributed by atoms with Gasteiger partial charge in [0.05, 0.1) is 13.1 Å². The average molecular weight is 264 g/mol. The molecule has 18 heavy (non-hydrogen) atoms. The summed E-state index contributed by atoms with van der Waals surface area (Å²) in [6.45, 7) is 10.1. The normalized spacial score (nSPS) is 12.0. The highest BCUT2D eigenvalue weighted by atomic mass is 32.1. The van der Waals surface area contributed by atoms with E-state index in [4.69, 9.17) is 0 Å². The van der Waals surface area contributed by atoms with Crippen LogP contribution in [0, 0.1) is 6.92 Å². The zero-order valence-corrected chi connectivity index (χ0v) is 12.2. The molecule has 2 aromatic rings. The number of rotatable bonds is 4. The highest BCUT2D eigenvalue weighted by Gasteiger charge is 2.11. The molecule has 0 spiro atoms. The molecule has 0 bridgehead atoms. The van der Waals surface area contributed by atoms with Gasteiger partial charge in [0.15, 0.2) is 0 Å². The number of nitrogens with one attached hydrogen (secondary N) is 1. The lowest BCUT2D eigenvalue weighted by Crippen LogP contribution is -2.35. The standard InChI is InChI=1S/C13H20N4S/c1-10-9-18-12(16-10)8-17-6-5-14-11(17)7-15-13(2,3)4/h5-6,9,15H,7-8H2,1-4H3. The van der Waals surface area contributed by atoms with Crippen molar-refractivity contribution < 1.29 is 0 Å². The molecule has 2 heterocycles. The van der Waals surface area contributed by atoms with E-state index in [1.54, 1.807) is 11.3 Å². The van der Waals surface area contributed by atoms with E-state index >= 15 is 0 Å². The van der Waals surface area contributed by atoms with Gasteiger partial charge in [0, 0.05) is 29.0 Å². The van der Waals surface area contributed by atoms with Gasteiger partial charge in [-0.2, -0.15) is 0 Å². The van der Waals surface area contributed by atoms with Crippen LogP contribution in [-0.4, -0.2) is 20.1 Å². The Labute approximate surface area is 112 Å². The van der Waals surface area contributed by atoms with Crippen LogP contribution in [-0.2, 0) is 13.1 Å². The van der Waals surface area contributed by atoms with Gasteiger partial charge in [0.1, 0.15) is 10.8 Å². The number of hydrogen-bond donors (Lipinski definition) is 1. The van der Waals surface area contributed by atoms with Gasteiger partial charge in [-0.05, 0) is 27.7 Å². The fraction of sp³-hybridized carbons (Fsp3) is 0.538. The van der Waals surface area contributed by atoms with E-state index in [2.05, 4.69) is 46.0 Å². The topological polar surface area (TPSA) is 42.7 Å². The molecule has 1 N–H and O–H groups in total. The summed E-state index contributed by atoms with van der Waals surface area (Å²) in [6.07, 6.45) is 3.86. The van der Waals surface area contributed by atoms with Gasteiger partial charge in [-0.3, -0.25) is 0 Å². The quantitative estimate of drug-likeness (QED) is 0.923. The number of hydrogen-bond acceptors (Lipinski definition) is 4. The molecule has 0 aliphatic carbocycles. The molecule has 2 aromatic heterocycles. The third kappa shape index (κ3) is 3.65. The van der Waals surface area contributed by atoms with Crippen LogP contribution >= 0.6 is 11.3 Å². The summed E-state index contributed by atoms with van der Waals surface area (Å²) >= 11 is 1.70. The summed E-state index contributed by atoms with van der Waals surface area (Å²) in [5.41, 5.74) is 1.19. The van der Waals surface area contributed by atoms with Crippen LogP contribution in [0.4, 0.5) is 0 Å². The number of imidazole rings is 1. The number of nitrogens with zero attached hydrogens (tertiary/aromatic N) is 3. The first-order valence-electron chi connectivity index (χ1n) is 6.10. The summed E-state index contributed by atoms with van der Waals surface area (Å²) in [5, 5.41) is 6.67. The molecule has 0 aliphatic rings. The minimum absolute atomic E-state index is 0.106. The van der Waals surface area contributed by atoms with Crippen molar-refractivity contribution in [2.45, 2.75) is 46.3 Å². The van der Waals surface area contributed by atoms with Crippen molar-refractivity contribution in [2.24, 2.45) is 0 Å². The lowest BCUT2D eigenvalue weighted by atomic mass is 10.1. The molecule has 0 aromatic carbocycles. The number of aryl methyl sites for hydroxylation is 1. The maximum absolute atomic E-state index is 4.49. The van der Waals surface area contributed by atoms with E-state index in [1.165, 1.54) is 0 Å². The molecule has 0 aliphatic heterocycles. The van der Waals surface area contributed by atoms with Gasteiger partial charge >= 0.3 is 0 Å². The predicted molar refractivity (Wildman–Crippen MR) is 74.8 cm³/mol. The average Bonchev–Trinajstić information content (AvgIpc) is 2.85. The third-order valence-corrected chi connectivity index (χ3v) is 3.50.